The van der Waals surface area contributed by atoms with E-state index >= 15 is 0 Å². The number of amides is 2. The number of fused-ring (bicyclic) bond motifs is 1. The fraction of sp³-hybridized carbons (Fsp3) is 0.250. The number of anilines is 1. The van der Waals surface area contributed by atoms with E-state index in [1.807, 2.05) is 32.0 Å². The van der Waals surface area contributed by atoms with Crippen LogP contribution in [-0.2, 0) is 4.79 Å². The van der Waals surface area contributed by atoms with Gasteiger partial charge in [0, 0.05) is 11.8 Å². The van der Waals surface area contributed by atoms with Gasteiger partial charge in [-0.25, -0.2) is 4.90 Å². The van der Waals surface area contributed by atoms with Crippen molar-refractivity contribution in [3.63, 3.8) is 0 Å². The van der Waals surface area contributed by atoms with Crippen molar-refractivity contribution < 1.29 is 14.7 Å². The maximum absolute atomic E-state index is 13.1. The molecule has 1 heterocycles. The number of rotatable bonds is 4. The molecule has 2 amide bonds. The number of imide groups is 1. The van der Waals surface area contributed by atoms with Crippen molar-refractivity contribution in [2.24, 2.45) is 4.99 Å². The van der Waals surface area contributed by atoms with E-state index in [1.165, 1.54) is 11.1 Å². The third kappa shape index (κ3) is 3.23. The summed E-state index contributed by atoms with van der Waals surface area (Å²) < 4.78 is 0. The van der Waals surface area contributed by atoms with E-state index in [0.29, 0.717) is 16.8 Å². The lowest BCUT2D eigenvalue weighted by Gasteiger charge is -2.31. The molecule has 25 heavy (non-hydrogen) atoms. The third-order valence-corrected chi connectivity index (χ3v) is 4.16. The molecule has 0 unspecified atom stereocenters. The normalized spacial score (nSPS) is 17.2. The number of aliphatic imine (C=N–C) groups is 1. The molecule has 2 aromatic carbocycles. The Balaban J connectivity index is 2.11. The number of benzene rings is 2. The van der Waals surface area contributed by atoms with Gasteiger partial charge in [-0.2, -0.15) is 0 Å². The number of aliphatic hydroxyl groups is 1. The predicted molar refractivity (Wildman–Crippen MR) is 97.4 cm³/mol. The van der Waals surface area contributed by atoms with Crippen molar-refractivity contribution in [2.45, 2.75) is 19.8 Å². The Labute approximate surface area is 146 Å². The van der Waals surface area contributed by atoms with Crippen molar-refractivity contribution in [3.8, 4) is 0 Å². The summed E-state index contributed by atoms with van der Waals surface area (Å²) >= 11 is 0. The molecule has 1 aliphatic heterocycles. The third-order valence-electron chi connectivity index (χ3n) is 4.16. The van der Waals surface area contributed by atoms with Gasteiger partial charge in [-0.15, -0.1) is 0 Å². The topological polar surface area (TPSA) is 70.0 Å². The number of carbonyl (C=O) groups is 2. The van der Waals surface area contributed by atoms with Crippen LogP contribution in [0, 0.1) is 13.8 Å². The number of carbonyl (C=O) groups excluding carboxylic acids is 2. The van der Waals surface area contributed by atoms with Crippen molar-refractivity contribution in [3.05, 3.63) is 64.7 Å². The fourth-order valence-electron chi connectivity index (χ4n) is 3.16. The van der Waals surface area contributed by atoms with Gasteiger partial charge >= 0.3 is 0 Å². The summed E-state index contributed by atoms with van der Waals surface area (Å²) in [5.41, 5.74) is 3.70. The van der Waals surface area contributed by atoms with E-state index in [0.717, 1.165) is 11.1 Å². The smallest absolute Gasteiger partial charge is 0.265 e. The van der Waals surface area contributed by atoms with Crippen LogP contribution in [0.1, 0.15) is 33.0 Å². The Morgan fingerprint density at radius 3 is 2.48 bits per heavy atom. The summed E-state index contributed by atoms with van der Waals surface area (Å²) in [5.74, 6) is -1.28. The molecule has 0 saturated carbocycles. The monoisotopic (exact) mass is 336 g/mol. The first-order valence-corrected chi connectivity index (χ1v) is 8.19. The summed E-state index contributed by atoms with van der Waals surface area (Å²) in [6.07, 6.45) is 1.53. The molecule has 5 nitrogen and oxygen atoms in total. The predicted octanol–water partition coefficient (Wildman–Crippen LogP) is 2.64. The van der Waals surface area contributed by atoms with Crippen LogP contribution in [0.3, 0.4) is 0 Å². The second-order valence-electron chi connectivity index (χ2n) is 6.17. The summed E-state index contributed by atoms with van der Waals surface area (Å²) in [7, 11) is 0. The van der Waals surface area contributed by atoms with Gasteiger partial charge in [-0.05, 0) is 48.7 Å². The van der Waals surface area contributed by atoms with Crippen LogP contribution >= 0.6 is 0 Å². The number of hydrogen-bond donors (Lipinski definition) is 1. The molecule has 3 rings (SSSR count). The molecule has 128 valence electrons. The lowest BCUT2D eigenvalue weighted by molar-refractivity contribution is -0.118. The van der Waals surface area contributed by atoms with Crippen molar-refractivity contribution >= 4 is 23.7 Å². The largest absolute Gasteiger partial charge is 0.394 e. The molecule has 2 aromatic rings. The van der Waals surface area contributed by atoms with Gasteiger partial charge in [0.1, 0.15) is 0 Å². The lowest BCUT2D eigenvalue weighted by Crippen LogP contribution is -2.45. The van der Waals surface area contributed by atoms with Crippen LogP contribution in [-0.4, -0.2) is 36.3 Å². The fourth-order valence-corrected chi connectivity index (χ4v) is 3.16. The quantitative estimate of drug-likeness (QED) is 0.689. The van der Waals surface area contributed by atoms with Gasteiger partial charge in [0.05, 0.1) is 24.8 Å². The minimum atomic E-state index is -0.638. The van der Waals surface area contributed by atoms with E-state index in [1.54, 1.807) is 24.3 Å². The lowest BCUT2D eigenvalue weighted by atomic mass is 9.88. The molecule has 1 N–H and O–H groups in total. The van der Waals surface area contributed by atoms with Crippen LogP contribution in [0.2, 0.25) is 0 Å². The van der Waals surface area contributed by atoms with Crippen LogP contribution in [0.25, 0.3) is 0 Å². The Morgan fingerprint density at radius 1 is 1.12 bits per heavy atom. The van der Waals surface area contributed by atoms with Crippen LogP contribution in [0.5, 0.6) is 0 Å². The maximum atomic E-state index is 13.1. The van der Waals surface area contributed by atoms with E-state index in [9.17, 15) is 9.59 Å². The average molecular weight is 336 g/mol. The zero-order valence-electron chi connectivity index (χ0n) is 14.3. The zero-order chi connectivity index (χ0) is 18.0. The maximum Gasteiger partial charge on any atom is 0.265 e. The highest BCUT2D eigenvalue weighted by molar-refractivity contribution is 6.29. The molecule has 1 aliphatic rings. The Morgan fingerprint density at radius 2 is 1.80 bits per heavy atom. The number of aliphatic hydroxyl groups excluding tert-OH is 1. The van der Waals surface area contributed by atoms with Gasteiger partial charge in [0.2, 0.25) is 5.91 Å². The molecule has 0 saturated heterocycles. The molecule has 0 radical (unpaired) electrons. The first-order chi connectivity index (χ1) is 12.0. The second kappa shape index (κ2) is 6.99. The molecule has 5 heteroatoms. The molecule has 0 aromatic heterocycles. The molecule has 1 atom stereocenters. The van der Waals surface area contributed by atoms with Gasteiger partial charge in [-0.1, -0.05) is 24.3 Å². The highest BCUT2D eigenvalue weighted by Gasteiger charge is 2.38. The highest BCUT2D eigenvalue weighted by Crippen LogP contribution is 2.32. The summed E-state index contributed by atoms with van der Waals surface area (Å²) in [4.78, 5) is 31.4. The van der Waals surface area contributed by atoms with E-state index in [2.05, 4.69) is 4.99 Å². The van der Waals surface area contributed by atoms with E-state index < -0.39 is 5.92 Å². The second-order valence-corrected chi connectivity index (χ2v) is 6.17. The van der Waals surface area contributed by atoms with Crippen LogP contribution < -0.4 is 4.90 Å². The Kier molecular flexibility index (Phi) is 4.76. The Bertz CT molecular complexity index is 838. The average Bonchev–Trinajstić information content (AvgIpc) is 2.57. The minimum absolute atomic E-state index is 0.0845. The van der Waals surface area contributed by atoms with Gasteiger partial charge < -0.3 is 5.11 Å². The molecule has 0 aliphatic carbocycles. The van der Waals surface area contributed by atoms with Crippen molar-refractivity contribution in [2.75, 3.05) is 18.1 Å². The van der Waals surface area contributed by atoms with Crippen LogP contribution in [0.4, 0.5) is 5.69 Å². The SMILES string of the molecule is Cc1cc(C)cc(N2C(=O)c3ccccc3[C@H](C=NCCO)C2=O)c1. The molecular formula is C20H20N2O3. The van der Waals surface area contributed by atoms with Gasteiger partial charge in [-0.3, -0.25) is 14.6 Å². The first kappa shape index (κ1) is 17.0. The summed E-state index contributed by atoms with van der Waals surface area (Å²) in [6.45, 7) is 4.01. The number of nitrogens with zero attached hydrogens (tertiary/aromatic N) is 2. The molecule has 0 bridgehead atoms. The number of hydrogen-bond acceptors (Lipinski definition) is 4. The molecular weight excluding hydrogens is 316 g/mol. The standard InChI is InChI=1S/C20H20N2O3/c1-13-9-14(2)11-15(10-13)22-19(24)17-6-4-3-5-16(17)18(20(22)25)12-21-7-8-23/h3-6,9-12,18,23H,7-8H2,1-2H3/t18-/m0/s1. The first-order valence-electron chi connectivity index (χ1n) is 8.19. The summed E-state index contributed by atoms with van der Waals surface area (Å²) in [5, 5.41) is 8.93. The van der Waals surface area contributed by atoms with E-state index in [-0.39, 0.29) is 25.0 Å². The number of aryl methyl sites for hydroxylation is 2. The molecule has 0 fully saturated rings. The minimum Gasteiger partial charge on any atom is -0.394 e. The van der Waals surface area contributed by atoms with Crippen LogP contribution in [0.15, 0.2) is 47.5 Å². The Hall–Kier alpha value is -2.79. The highest BCUT2D eigenvalue weighted by atomic mass is 16.3. The van der Waals surface area contributed by atoms with Crippen molar-refractivity contribution in [1.82, 2.24) is 0 Å². The van der Waals surface area contributed by atoms with E-state index in [4.69, 9.17) is 5.11 Å². The van der Waals surface area contributed by atoms with Gasteiger partial charge in [0.15, 0.2) is 0 Å². The zero-order valence-corrected chi connectivity index (χ0v) is 14.3. The van der Waals surface area contributed by atoms with Gasteiger partial charge in [0.25, 0.3) is 5.91 Å². The summed E-state index contributed by atoms with van der Waals surface area (Å²) in [6, 6.07) is 12.8. The molecule has 0 spiro atoms. The van der Waals surface area contributed by atoms with Crippen molar-refractivity contribution in [1.29, 1.82) is 0 Å².